The molecule has 1 aliphatic heterocycles. The van der Waals surface area contributed by atoms with Gasteiger partial charge in [0.05, 0.1) is 0 Å². The molecule has 2 amide bonds. The first-order valence-electron chi connectivity index (χ1n) is 7.92. The molecule has 2 atom stereocenters. The Hall–Kier alpha value is -1.10. The van der Waals surface area contributed by atoms with E-state index in [1.165, 1.54) is 12.8 Å². The first kappa shape index (κ1) is 15.3. The summed E-state index contributed by atoms with van der Waals surface area (Å²) in [5, 5.41) is 9.17. The van der Waals surface area contributed by atoms with Crippen LogP contribution < -0.4 is 16.0 Å². The fourth-order valence-corrected chi connectivity index (χ4v) is 2.74. The van der Waals surface area contributed by atoms with E-state index in [0.717, 1.165) is 25.9 Å². The summed E-state index contributed by atoms with van der Waals surface area (Å²) in [6, 6.07) is 0.400. The van der Waals surface area contributed by atoms with Crippen molar-refractivity contribution in [3.8, 4) is 0 Å². The second-order valence-electron chi connectivity index (χ2n) is 6.23. The molecule has 2 rings (SSSR count). The molecule has 20 heavy (non-hydrogen) atoms. The summed E-state index contributed by atoms with van der Waals surface area (Å²) < 4.78 is 0. The van der Waals surface area contributed by atoms with Gasteiger partial charge in [0, 0.05) is 25.4 Å². The second kappa shape index (κ2) is 7.62. The average molecular weight is 281 g/mol. The first-order chi connectivity index (χ1) is 9.65. The minimum absolute atomic E-state index is 0.0531. The zero-order valence-corrected chi connectivity index (χ0v) is 12.4. The van der Waals surface area contributed by atoms with Crippen molar-refractivity contribution in [3.05, 3.63) is 0 Å². The van der Waals surface area contributed by atoms with Crippen LogP contribution in [0.1, 0.15) is 45.4 Å². The molecule has 1 saturated carbocycles. The van der Waals surface area contributed by atoms with Crippen molar-refractivity contribution < 1.29 is 9.59 Å². The van der Waals surface area contributed by atoms with Gasteiger partial charge < -0.3 is 16.0 Å². The van der Waals surface area contributed by atoms with E-state index in [2.05, 4.69) is 22.9 Å². The normalized spacial score (nSPS) is 23.9. The van der Waals surface area contributed by atoms with Crippen LogP contribution in [0.25, 0.3) is 0 Å². The largest absolute Gasteiger partial charge is 0.356 e. The van der Waals surface area contributed by atoms with E-state index in [0.29, 0.717) is 37.3 Å². The van der Waals surface area contributed by atoms with Gasteiger partial charge >= 0.3 is 0 Å². The molecule has 2 fully saturated rings. The Morgan fingerprint density at radius 2 is 2.05 bits per heavy atom. The van der Waals surface area contributed by atoms with E-state index in [9.17, 15) is 9.59 Å². The highest BCUT2D eigenvalue weighted by Gasteiger charge is 2.23. The summed E-state index contributed by atoms with van der Waals surface area (Å²) in [7, 11) is 0. The molecule has 114 valence electrons. The van der Waals surface area contributed by atoms with E-state index in [1.807, 2.05) is 0 Å². The number of piperidine rings is 1. The highest BCUT2D eigenvalue weighted by atomic mass is 16.2. The van der Waals surface area contributed by atoms with Gasteiger partial charge in [-0.25, -0.2) is 0 Å². The van der Waals surface area contributed by atoms with E-state index in [1.54, 1.807) is 0 Å². The average Bonchev–Trinajstić information content (AvgIpc) is 3.23. The maximum atomic E-state index is 11.8. The van der Waals surface area contributed by atoms with Crippen molar-refractivity contribution in [2.75, 3.05) is 19.6 Å². The molecular weight excluding hydrogens is 254 g/mol. The Morgan fingerprint density at radius 1 is 1.25 bits per heavy atom. The topological polar surface area (TPSA) is 70.2 Å². The molecule has 5 nitrogen and oxygen atoms in total. The molecule has 0 aromatic rings. The predicted octanol–water partition coefficient (Wildman–Crippen LogP) is 0.797. The number of amides is 2. The first-order valence-corrected chi connectivity index (χ1v) is 7.92. The summed E-state index contributed by atoms with van der Waals surface area (Å²) in [6.45, 7) is 4.73. The quantitative estimate of drug-likeness (QED) is 0.646. The molecule has 0 bridgehead atoms. The Morgan fingerprint density at radius 3 is 2.70 bits per heavy atom. The maximum absolute atomic E-state index is 11.8. The van der Waals surface area contributed by atoms with Crippen LogP contribution in [0.15, 0.2) is 0 Å². The van der Waals surface area contributed by atoms with Crippen LogP contribution in [0.4, 0.5) is 0 Å². The van der Waals surface area contributed by atoms with Gasteiger partial charge in [0.25, 0.3) is 0 Å². The molecule has 1 saturated heterocycles. The van der Waals surface area contributed by atoms with E-state index < -0.39 is 0 Å². The Labute approximate surface area is 121 Å². The molecule has 0 radical (unpaired) electrons. The van der Waals surface area contributed by atoms with Gasteiger partial charge in [-0.15, -0.1) is 0 Å². The van der Waals surface area contributed by atoms with E-state index >= 15 is 0 Å². The molecule has 2 unspecified atom stereocenters. The lowest BCUT2D eigenvalue weighted by Gasteiger charge is -2.28. The van der Waals surface area contributed by atoms with Crippen LogP contribution in [0.5, 0.6) is 0 Å². The van der Waals surface area contributed by atoms with Crippen molar-refractivity contribution in [1.29, 1.82) is 0 Å². The fourth-order valence-electron chi connectivity index (χ4n) is 2.74. The van der Waals surface area contributed by atoms with Crippen molar-refractivity contribution in [1.82, 2.24) is 16.0 Å². The number of carbonyl (C=O) groups is 2. The van der Waals surface area contributed by atoms with E-state index in [-0.39, 0.29) is 11.8 Å². The smallest absolute Gasteiger partial charge is 0.221 e. The molecule has 1 aliphatic carbocycles. The SMILES string of the molecule is CC(CC(=O)NCCC(=O)NC1CC1)C1CCCNC1. The Kier molecular flexibility index (Phi) is 5.83. The zero-order chi connectivity index (χ0) is 14.4. The lowest BCUT2D eigenvalue weighted by Crippen LogP contribution is -2.36. The van der Waals surface area contributed by atoms with Gasteiger partial charge in [-0.1, -0.05) is 6.92 Å². The summed E-state index contributed by atoms with van der Waals surface area (Å²) in [5.74, 6) is 1.13. The lowest BCUT2D eigenvalue weighted by molar-refractivity contribution is -0.123. The number of nitrogens with one attached hydrogen (secondary N) is 3. The number of carbonyl (C=O) groups excluding carboxylic acids is 2. The van der Waals surface area contributed by atoms with E-state index in [4.69, 9.17) is 0 Å². The third-order valence-corrected chi connectivity index (χ3v) is 4.26. The van der Waals surface area contributed by atoms with Crippen LogP contribution in [0, 0.1) is 11.8 Å². The molecule has 3 N–H and O–H groups in total. The fraction of sp³-hybridized carbons (Fsp3) is 0.867. The summed E-state index contributed by atoms with van der Waals surface area (Å²) >= 11 is 0. The highest BCUT2D eigenvalue weighted by Crippen LogP contribution is 2.22. The number of rotatable bonds is 7. The number of hydrogen-bond donors (Lipinski definition) is 3. The van der Waals surface area contributed by atoms with Gasteiger partial charge in [0.15, 0.2) is 0 Å². The van der Waals surface area contributed by atoms with Crippen molar-refractivity contribution >= 4 is 11.8 Å². The van der Waals surface area contributed by atoms with Crippen molar-refractivity contribution in [3.63, 3.8) is 0 Å². The summed E-state index contributed by atoms with van der Waals surface area (Å²) in [5.41, 5.74) is 0. The molecule has 0 spiro atoms. The number of hydrogen-bond acceptors (Lipinski definition) is 3. The van der Waals surface area contributed by atoms with Crippen LogP contribution in [0.3, 0.4) is 0 Å². The van der Waals surface area contributed by atoms with Gasteiger partial charge in [0.2, 0.25) is 11.8 Å². The lowest BCUT2D eigenvalue weighted by atomic mass is 9.85. The van der Waals surface area contributed by atoms with Crippen LogP contribution >= 0.6 is 0 Å². The molecular formula is C15H27N3O2. The van der Waals surface area contributed by atoms with Crippen LogP contribution in [-0.2, 0) is 9.59 Å². The standard InChI is InChI=1S/C15H27N3O2/c1-11(12-3-2-7-16-10-12)9-15(20)17-8-6-14(19)18-13-4-5-13/h11-13,16H,2-10H2,1H3,(H,17,20)(H,18,19). The molecule has 2 aliphatic rings. The van der Waals surface area contributed by atoms with Crippen LogP contribution in [-0.4, -0.2) is 37.5 Å². The molecule has 0 aromatic carbocycles. The third kappa shape index (κ3) is 5.49. The minimum atomic E-state index is 0.0531. The zero-order valence-electron chi connectivity index (χ0n) is 12.4. The second-order valence-corrected chi connectivity index (χ2v) is 6.23. The molecule has 5 heteroatoms. The monoisotopic (exact) mass is 281 g/mol. The molecule has 1 heterocycles. The van der Waals surface area contributed by atoms with Gasteiger partial charge in [0.1, 0.15) is 0 Å². The van der Waals surface area contributed by atoms with Gasteiger partial charge in [-0.05, 0) is 50.6 Å². The van der Waals surface area contributed by atoms with Gasteiger partial charge in [-0.3, -0.25) is 9.59 Å². The Bertz CT molecular complexity index is 336. The van der Waals surface area contributed by atoms with Crippen molar-refractivity contribution in [2.24, 2.45) is 11.8 Å². The van der Waals surface area contributed by atoms with Gasteiger partial charge in [-0.2, -0.15) is 0 Å². The van der Waals surface area contributed by atoms with Crippen LogP contribution in [0.2, 0.25) is 0 Å². The third-order valence-electron chi connectivity index (χ3n) is 4.26. The Balaban J connectivity index is 1.55. The summed E-state index contributed by atoms with van der Waals surface area (Å²) in [6.07, 6.45) is 5.58. The predicted molar refractivity (Wildman–Crippen MR) is 78.2 cm³/mol. The molecule has 0 aromatic heterocycles. The maximum Gasteiger partial charge on any atom is 0.221 e. The van der Waals surface area contributed by atoms with Crippen molar-refractivity contribution in [2.45, 2.75) is 51.5 Å². The minimum Gasteiger partial charge on any atom is -0.356 e. The highest BCUT2D eigenvalue weighted by molar-refractivity contribution is 5.79. The summed E-state index contributed by atoms with van der Waals surface area (Å²) in [4.78, 5) is 23.3.